The number of amides is 1. The fraction of sp³-hybridized carbons (Fsp3) is 0.222. The highest BCUT2D eigenvalue weighted by Gasteiger charge is 2.24. The number of carbonyl (C=O) groups excluding carboxylic acids is 1. The number of anilines is 3. The molecule has 0 unspecified atom stereocenters. The van der Waals surface area contributed by atoms with Crippen LogP contribution in [0, 0.1) is 19.7 Å². The molecule has 8 nitrogen and oxygen atoms in total. The Morgan fingerprint density at radius 2 is 1.86 bits per heavy atom. The van der Waals surface area contributed by atoms with Crippen molar-refractivity contribution in [1.82, 2.24) is 4.57 Å². The second-order valence-corrected chi connectivity index (χ2v) is 8.37. The third kappa shape index (κ3) is 4.65. The Morgan fingerprint density at radius 3 is 2.56 bits per heavy atom. The lowest BCUT2D eigenvalue weighted by atomic mass is 9.99. The maximum atomic E-state index is 14.5. The summed E-state index contributed by atoms with van der Waals surface area (Å²) in [6.45, 7) is 5.18. The largest absolute Gasteiger partial charge is 0.421 e. The zero-order valence-electron chi connectivity index (χ0n) is 20.4. The van der Waals surface area contributed by atoms with Gasteiger partial charge in [-0.15, -0.1) is 0 Å². The van der Waals surface area contributed by atoms with Gasteiger partial charge in [-0.05, 0) is 43.7 Å². The monoisotopic (exact) mass is 491 g/mol. The van der Waals surface area contributed by atoms with Gasteiger partial charge in [-0.25, -0.2) is 9.18 Å². The molecule has 0 saturated heterocycles. The van der Waals surface area contributed by atoms with Crippen LogP contribution in [0.15, 0.2) is 62.5 Å². The van der Waals surface area contributed by atoms with E-state index in [1.807, 2.05) is 0 Å². The van der Waals surface area contributed by atoms with E-state index in [-0.39, 0.29) is 47.0 Å². The number of nitrogens with one attached hydrogen (secondary N) is 2. The molecular weight excluding hydrogens is 465 g/mol. The molecule has 0 atom stereocenters. The first kappa shape index (κ1) is 24.9. The van der Waals surface area contributed by atoms with E-state index >= 15 is 0 Å². The van der Waals surface area contributed by atoms with Gasteiger partial charge in [0.15, 0.2) is 5.58 Å². The van der Waals surface area contributed by atoms with Crippen molar-refractivity contribution in [2.24, 2.45) is 0 Å². The number of benzene rings is 2. The highest BCUT2D eigenvalue weighted by molar-refractivity contribution is 6.01. The molecule has 186 valence electrons. The van der Waals surface area contributed by atoms with E-state index in [9.17, 15) is 18.8 Å². The molecule has 0 spiro atoms. The number of hydrogen-bond acceptors (Lipinski definition) is 6. The second-order valence-electron chi connectivity index (χ2n) is 8.37. The minimum absolute atomic E-state index is 0.0700. The number of ether oxygens (including phenoxy) is 1. The van der Waals surface area contributed by atoms with E-state index in [1.54, 1.807) is 43.3 Å². The number of rotatable bonds is 7. The minimum Gasteiger partial charge on any atom is -0.421 e. The van der Waals surface area contributed by atoms with Crippen LogP contribution in [0.3, 0.4) is 0 Å². The van der Waals surface area contributed by atoms with Gasteiger partial charge in [0.05, 0.1) is 23.5 Å². The van der Waals surface area contributed by atoms with E-state index in [2.05, 4.69) is 10.6 Å². The van der Waals surface area contributed by atoms with Crippen molar-refractivity contribution in [3.63, 3.8) is 0 Å². The molecule has 2 N–H and O–H groups in total. The van der Waals surface area contributed by atoms with Crippen LogP contribution in [0.4, 0.5) is 21.5 Å². The second kappa shape index (κ2) is 10.2. The fourth-order valence-corrected chi connectivity index (χ4v) is 4.19. The summed E-state index contributed by atoms with van der Waals surface area (Å²) in [6.07, 6.45) is 0. The normalized spacial score (nSPS) is 11.0. The van der Waals surface area contributed by atoms with Crippen LogP contribution in [-0.2, 0) is 16.1 Å². The van der Waals surface area contributed by atoms with Gasteiger partial charge >= 0.3 is 5.63 Å². The summed E-state index contributed by atoms with van der Waals surface area (Å²) in [7, 11) is 1.54. The van der Waals surface area contributed by atoms with Crippen LogP contribution in [0.25, 0.3) is 22.1 Å². The van der Waals surface area contributed by atoms with Gasteiger partial charge in [-0.2, -0.15) is 0 Å². The maximum absolute atomic E-state index is 14.5. The lowest BCUT2D eigenvalue weighted by molar-refractivity contribution is -0.114. The van der Waals surface area contributed by atoms with Crippen molar-refractivity contribution in [1.29, 1.82) is 0 Å². The number of hydrogen-bond donors (Lipinski definition) is 2. The molecule has 2 heterocycles. The van der Waals surface area contributed by atoms with Gasteiger partial charge in [-0.3, -0.25) is 9.59 Å². The molecule has 4 aromatic rings. The predicted octanol–water partition coefficient (Wildman–Crippen LogP) is 4.73. The Labute approximate surface area is 206 Å². The van der Waals surface area contributed by atoms with Crippen molar-refractivity contribution in [3.05, 3.63) is 86.4 Å². The third-order valence-corrected chi connectivity index (χ3v) is 5.93. The molecule has 0 saturated carbocycles. The molecule has 36 heavy (non-hydrogen) atoms. The minimum atomic E-state index is -0.658. The van der Waals surface area contributed by atoms with Crippen LogP contribution in [0.5, 0.6) is 0 Å². The molecule has 4 rings (SSSR count). The van der Waals surface area contributed by atoms with Crippen molar-refractivity contribution < 1.29 is 18.3 Å². The summed E-state index contributed by atoms with van der Waals surface area (Å²) < 4.78 is 27.0. The molecule has 0 aliphatic rings. The van der Waals surface area contributed by atoms with Crippen LogP contribution in [0.2, 0.25) is 0 Å². The Kier molecular flexibility index (Phi) is 7.03. The number of halogens is 1. The number of pyridine rings is 1. The summed E-state index contributed by atoms with van der Waals surface area (Å²) in [6, 6.07) is 13.0. The lowest BCUT2D eigenvalue weighted by Gasteiger charge is -2.19. The van der Waals surface area contributed by atoms with Crippen LogP contribution in [0.1, 0.15) is 18.2 Å². The SMILES string of the molecule is COCCn1c(C)c(-c2cccc(NC(C)=O)c2)c2oc(=O)c(C)c(Nc3ccccc3F)c2c1=O. The van der Waals surface area contributed by atoms with Crippen molar-refractivity contribution in [2.75, 3.05) is 24.4 Å². The molecule has 0 aliphatic heterocycles. The Balaban J connectivity index is 2.10. The highest BCUT2D eigenvalue weighted by atomic mass is 19.1. The highest BCUT2D eigenvalue weighted by Crippen LogP contribution is 2.36. The number of aromatic nitrogens is 1. The molecule has 1 amide bonds. The van der Waals surface area contributed by atoms with Gasteiger partial charge in [0, 0.05) is 37.5 Å². The van der Waals surface area contributed by atoms with Gasteiger partial charge in [0.1, 0.15) is 11.2 Å². The first-order chi connectivity index (χ1) is 17.2. The van der Waals surface area contributed by atoms with E-state index in [4.69, 9.17) is 9.15 Å². The van der Waals surface area contributed by atoms with E-state index in [0.717, 1.165) is 0 Å². The summed E-state index contributed by atoms with van der Waals surface area (Å²) in [5, 5.41) is 5.80. The van der Waals surface area contributed by atoms with Gasteiger partial charge < -0.3 is 24.4 Å². The molecule has 0 aliphatic carbocycles. The number of methoxy groups -OCH3 is 1. The zero-order chi connectivity index (χ0) is 26.0. The quantitative estimate of drug-likeness (QED) is 0.388. The standard InChI is InChI=1S/C27H26FN3O5/c1-15-24(30-21-11-6-5-10-20(21)28)23-25(36-27(15)34)22(16(2)31(26(23)33)12-13-35-4)18-8-7-9-19(14-18)29-17(3)32/h5-11,14,30H,12-13H2,1-4H3,(H,29,32). The lowest BCUT2D eigenvalue weighted by Crippen LogP contribution is -2.27. The smallest absolute Gasteiger partial charge is 0.341 e. The van der Waals surface area contributed by atoms with Gasteiger partial charge in [-0.1, -0.05) is 24.3 Å². The zero-order valence-corrected chi connectivity index (χ0v) is 20.4. The van der Waals surface area contributed by atoms with Crippen LogP contribution >= 0.6 is 0 Å². The Bertz CT molecular complexity index is 1590. The fourth-order valence-electron chi connectivity index (χ4n) is 4.19. The molecule has 9 heteroatoms. The van der Waals surface area contributed by atoms with Gasteiger partial charge in [0.25, 0.3) is 5.56 Å². The molecule has 2 aromatic carbocycles. The molecule has 0 fully saturated rings. The van der Waals surface area contributed by atoms with Crippen LogP contribution < -0.4 is 21.8 Å². The summed E-state index contributed by atoms with van der Waals surface area (Å²) in [5.74, 6) is -0.773. The third-order valence-electron chi connectivity index (χ3n) is 5.93. The molecule has 2 aromatic heterocycles. The maximum Gasteiger partial charge on any atom is 0.341 e. The summed E-state index contributed by atoms with van der Waals surface area (Å²) in [5.41, 5.74) is 1.64. The van der Waals surface area contributed by atoms with Crippen molar-refractivity contribution in [2.45, 2.75) is 27.3 Å². The summed E-state index contributed by atoms with van der Waals surface area (Å²) in [4.78, 5) is 38.3. The van der Waals surface area contributed by atoms with Crippen molar-refractivity contribution in [3.8, 4) is 11.1 Å². The first-order valence-corrected chi connectivity index (χ1v) is 11.3. The predicted molar refractivity (Wildman–Crippen MR) is 138 cm³/mol. The van der Waals surface area contributed by atoms with E-state index in [0.29, 0.717) is 22.5 Å². The van der Waals surface area contributed by atoms with E-state index < -0.39 is 17.0 Å². The number of carbonyl (C=O) groups is 1. The molecular formula is C27H26FN3O5. The van der Waals surface area contributed by atoms with Crippen molar-refractivity contribution >= 4 is 33.9 Å². The first-order valence-electron chi connectivity index (χ1n) is 11.3. The number of fused-ring (bicyclic) bond motifs is 1. The topological polar surface area (TPSA) is 103 Å². The molecule has 0 bridgehead atoms. The Hall–Kier alpha value is -4.24. The van der Waals surface area contributed by atoms with Crippen LogP contribution in [-0.4, -0.2) is 24.2 Å². The van der Waals surface area contributed by atoms with E-state index in [1.165, 1.54) is 37.7 Å². The van der Waals surface area contributed by atoms with Gasteiger partial charge in [0.2, 0.25) is 5.91 Å². The number of nitrogens with zero attached hydrogens (tertiary/aromatic N) is 1. The molecule has 0 radical (unpaired) electrons. The number of para-hydroxylation sites is 1. The Morgan fingerprint density at radius 1 is 1.11 bits per heavy atom. The summed E-state index contributed by atoms with van der Waals surface area (Å²) >= 11 is 0. The average Bonchev–Trinajstić information content (AvgIpc) is 2.83. The average molecular weight is 492 g/mol.